The maximum Gasteiger partial charge on any atom is 0.308 e. The van der Waals surface area contributed by atoms with E-state index in [1.807, 2.05) is 0 Å². The fourth-order valence-electron chi connectivity index (χ4n) is 16.3. The Kier molecular flexibility index (Phi) is 14.5. The lowest BCUT2D eigenvalue weighted by molar-refractivity contribution is -0.383. The molecule has 436 valence electrons. The highest BCUT2D eigenvalue weighted by Gasteiger charge is 2.72. The topological polar surface area (TPSA) is 262 Å². The molecule has 78 heavy (non-hydrogen) atoms. The van der Waals surface area contributed by atoms with Crippen molar-refractivity contribution in [1.82, 2.24) is 0 Å². The first kappa shape index (κ1) is 54.8. The Labute approximate surface area is 468 Å². The Morgan fingerprint density at radius 2 is 1.41 bits per heavy atom. The van der Waals surface area contributed by atoms with Crippen molar-refractivity contribution in [3.63, 3.8) is 0 Å². The van der Waals surface area contributed by atoms with Crippen molar-refractivity contribution < 1.29 is 96.3 Å². The van der Waals surface area contributed by atoms with Crippen LogP contribution in [0.1, 0.15) is 129 Å². The van der Waals surface area contributed by atoms with E-state index in [-0.39, 0.29) is 73.5 Å². The number of rotatable bonds is 3. The molecule has 0 aliphatic carbocycles. The summed E-state index contributed by atoms with van der Waals surface area (Å²) in [5.41, 5.74) is 7.67. The number of halogens is 1. The third-order valence-electron chi connectivity index (χ3n) is 20.3. The number of alkyl halides is 1. The maximum absolute atomic E-state index is 14.4. The van der Waals surface area contributed by atoms with Crippen molar-refractivity contribution in [2.24, 2.45) is 17.6 Å². The molecule has 0 aromatic rings. The number of fused-ring (bicyclic) bond motifs is 13. The van der Waals surface area contributed by atoms with Gasteiger partial charge in [0.15, 0.2) is 30.3 Å². The van der Waals surface area contributed by atoms with E-state index in [1.54, 1.807) is 0 Å². The van der Waals surface area contributed by atoms with E-state index >= 15 is 0 Å². The molecule has 10 bridgehead atoms. The molecule has 6 N–H and O–H groups in total. The van der Waals surface area contributed by atoms with Gasteiger partial charge in [0, 0.05) is 51.4 Å². The van der Waals surface area contributed by atoms with Crippen molar-refractivity contribution >= 4 is 28.6 Å². The minimum absolute atomic E-state index is 0.0550. The molecule has 14 heterocycles. The number of aliphatic hydroxyl groups excluding tert-OH is 2. The minimum atomic E-state index is -2.64. The lowest BCUT2D eigenvalue weighted by atomic mass is 9.83. The van der Waals surface area contributed by atoms with Gasteiger partial charge in [-0.3, -0.25) is 4.79 Å². The van der Waals surface area contributed by atoms with Crippen LogP contribution in [0.2, 0.25) is 0 Å². The summed E-state index contributed by atoms with van der Waals surface area (Å²) in [6, 6.07) is 0. The average molecular weight is 1210 g/mol. The van der Waals surface area contributed by atoms with Crippen molar-refractivity contribution in [3.05, 3.63) is 24.3 Å². The highest BCUT2D eigenvalue weighted by molar-refractivity contribution is 14.1. The van der Waals surface area contributed by atoms with Crippen LogP contribution >= 0.6 is 22.6 Å². The second-order valence-corrected chi connectivity index (χ2v) is 27.1. The lowest BCUT2D eigenvalue weighted by Crippen LogP contribution is -2.68. The highest BCUT2D eigenvalue weighted by atomic mass is 127. The van der Waals surface area contributed by atoms with E-state index < -0.39 is 125 Å². The number of carbonyl (C=O) groups is 1. The van der Waals surface area contributed by atoms with Crippen molar-refractivity contribution in [2.75, 3.05) is 6.54 Å². The van der Waals surface area contributed by atoms with Crippen LogP contribution in [0.4, 0.5) is 0 Å². The molecule has 0 aromatic carbocycles. The number of nitrogens with two attached hydrogens (primary N) is 1. The summed E-state index contributed by atoms with van der Waals surface area (Å²) in [6.07, 6.45) is -4.34. The molecule has 22 heteroatoms. The zero-order chi connectivity index (χ0) is 53.8. The van der Waals surface area contributed by atoms with Gasteiger partial charge in [-0.05, 0) is 87.3 Å². The van der Waals surface area contributed by atoms with Gasteiger partial charge in [0.05, 0.1) is 83.6 Å². The molecule has 0 amide bonds. The van der Waals surface area contributed by atoms with E-state index in [1.165, 1.54) is 0 Å². The molecule has 0 aromatic heterocycles. The fraction of sp³-hybridized carbons (Fsp3) is 0.911. The first-order valence-electron chi connectivity index (χ1n) is 29.4. The van der Waals surface area contributed by atoms with Crippen LogP contribution in [0.15, 0.2) is 24.3 Å². The maximum atomic E-state index is 14.4. The summed E-state index contributed by atoms with van der Waals surface area (Å²) < 4.78 is 100. The van der Waals surface area contributed by atoms with Crippen LogP contribution in [0, 0.1) is 11.8 Å². The number of ether oxygens (including phenoxy) is 15. The molecule has 21 nitrogen and oxygen atoms in total. The second kappa shape index (κ2) is 20.6. The molecule has 14 aliphatic heterocycles. The Morgan fingerprint density at radius 3 is 2.26 bits per heavy atom. The van der Waals surface area contributed by atoms with Gasteiger partial charge in [-0.2, -0.15) is 0 Å². The zero-order valence-electron chi connectivity index (χ0n) is 44.6. The van der Waals surface area contributed by atoms with Crippen molar-refractivity contribution in [3.8, 4) is 0 Å². The number of hydrogen-bond donors (Lipinski definition) is 5. The Balaban J connectivity index is 0.684. The lowest BCUT2D eigenvalue weighted by Gasteiger charge is -2.51. The monoisotopic (exact) mass is 1210 g/mol. The first-order valence-corrected chi connectivity index (χ1v) is 30.6. The molecule has 0 radical (unpaired) electrons. The summed E-state index contributed by atoms with van der Waals surface area (Å²) in [7, 11) is 0. The largest absolute Gasteiger partial charge is 0.459 e. The molecule has 14 rings (SSSR count). The van der Waals surface area contributed by atoms with Gasteiger partial charge >= 0.3 is 5.97 Å². The fourth-order valence-corrected chi connectivity index (χ4v) is 17.4. The third-order valence-corrected chi connectivity index (χ3v) is 21.7. The molecule has 0 saturated carbocycles. The van der Waals surface area contributed by atoms with Gasteiger partial charge in [0.1, 0.15) is 48.8 Å². The van der Waals surface area contributed by atoms with Crippen LogP contribution in [0.3, 0.4) is 0 Å². The zero-order valence-corrected chi connectivity index (χ0v) is 46.8. The minimum Gasteiger partial charge on any atom is -0.459 e. The van der Waals surface area contributed by atoms with Crippen LogP contribution in [-0.4, -0.2) is 201 Å². The Bertz CT molecular complexity index is 2300. The predicted octanol–water partition coefficient (Wildman–Crippen LogP) is 3.27. The standard InChI is InChI=1S/C56H80INO20/c1-24-15-28-5-7-32-25(2)16-30(64-32)9-13-55-52(61)56(62,63)49(77-55)48-44(57)47(76-55)46-34(69-48)8-6-29(66-46)17-43(60)68-37-20-40-50(71-38(37)18-35(65-28)27(24)4)72-51-42(67-40)23-54(78-51)22-41-33(73-54)10-12-53(75-41)21-26(3)45-39(74-53)19-36(70-45)31(59)11-14-58/h24,26,28-42,44-52,59,61-63H,2,4-23,58H2,1,3H3/t24-,26+,28+,29-,30+,31+,32+,33+,34+,35-,36+,37-,38+,39+,40?,41+,42-,44?,45+,46+,47-,48-,49?,50+,51+,52+,53+,54+,55-/m1/s1. The van der Waals surface area contributed by atoms with Gasteiger partial charge < -0.3 is 97.2 Å². The van der Waals surface area contributed by atoms with E-state index in [0.717, 1.165) is 24.0 Å². The van der Waals surface area contributed by atoms with E-state index in [4.69, 9.17) is 76.8 Å². The van der Waals surface area contributed by atoms with Crippen molar-refractivity contribution in [1.29, 1.82) is 0 Å². The Morgan fingerprint density at radius 1 is 0.628 bits per heavy atom. The van der Waals surface area contributed by atoms with E-state index in [2.05, 4.69) is 49.6 Å². The van der Waals surface area contributed by atoms with Crippen molar-refractivity contribution in [2.45, 2.75) is 297 Å². The summed E-state index contributed by atoms with van der Waals surface area (Å²) >= 11 is 2.20. The summed E-state index contributed by atoms with van der Waals surface area (Å²) in [4.78, 5) is 14.4. The molecule has 14 aliphatic rings. The smallest absolute Gasteiger partial charge is 0.308 e. The van der Waals surface area contributed by atoms with Gasteiger partial charge in [-0.1, -0.05) is 49.6 Å². The molecule has 3 spiro atoms. The number of aliphatic hydroxyl groups is 4. The molecule has 14 saturated heterocycles. The van der Waals surface area contributed by atoms with Crippen LogP contribution in [-0.2, 0) is 75.8 Å². The first-order chi connectivity index (χ1) is 37.4. The van der Waals surface area contributed by atoms with E-state index in [9.17, 15) is 25.2 Å². The van der Waals surface area contributed by atoms with Crippen LogP contribution < -0.4 is 5.73 Å². The molecule has 14 fully saturated rings. The molecule has 29 atom stereocenters. The number of carbonyl (C=O) groups excluding carboxylic acids is 1. The molecular formula is C56H80INO20. The SMILES string of the molecule is C=C1C[C@@H]2CC[C@]34OC([C@@H]5O[C@H]6CC[C@H](CC(=O)O[C@@H]7CC8O[C@@H]9C[C@]%10(C[C@@H]%11O[C@@]%12(CC[C@@H]%11O%10)C[C@H](C)[C@@H]%10O[C@H]([C@@H](O)CCN)C[C@@H]%10O%12)O[C@@H]9O[C@@H]8O[C@H]7C[C@H]7O[C@@H](CC[C@@H]1O2)C[C@@H](C)C7=C)O[C@@H]6[C@H](O3)C5I)C(O)(O)[C@H]4O. The van der Waals surface area contributed by atoms with Crippen LogP contribution in [0.5, 0.6) is 0 Å². The quantitative estimate of drug-likeness (QED) is 0.0893. The van der Waals surface area contributed by atoms with Gasteiger partial charge in [-0.15, -0.1) is 0 Å². The Hall–Kier alpha value is -1.08. The van der Waals surface area contributed by atoms with Gasteiger partial charge in [0.2, 0.25) is 11.6 Å². The highest BCUT2D eigenvalue weighted by Crippen LogP contribution is 2.56. The predicted molar refractivity (Wildman–Crippen MR) is 275 cm³/mol. The van der Waals surface area contributed by atoms with Gasteiger partial charge in [0.25, 0.3) is 0 Å². The van der Waals surface area contributed by atoms with Gasteiger partial charge in [-0.25, -0.2) is 0 Å². The second-order valence-electron chi connectivity index (χ2n) is 25.7. The summed E-state index contributed by atoms with van der Waals surface area (Å²) in [6.45, 7) is 13.7. The average Bonchev–Trinajstić information content (AvgIpc) is 4.37. The summed E-state index contributed by atoms with van der Waals surface area (Å²) in [5, 5.41) is 45.3. The number of esters is 1. The normalized spacial score (nSPS) is 55.7. The number of hydrogen-bond acceptors (Lipinski definition) is 21. The molecular weight excluding hydrogens is 1130 g/mol. The van der Waals surface area contributed by atoms with Crippen LogP contribution in [0.25, 0.3) is 0 Å². The van der Waals surface area contributed by atoms with E-state index in [0.29, 0.717) is 96.4 Å². The summed E-state index contributed by atoms with van der Waals surface area (Å²) in [5.74, 6) is -6.40. The molecule has 3 unspecified atom stereocenters. The third kappa shape index (κ3) is 9.56.